The maximum Gasteiger partial charge on any atom is 0.277 e. The molecule has 0 aromatic heterocycles. The quantitative estimate of drug-likeness (QED) is 0.138. The first-order valence-electron chi connectivity index (χ1n) is 9.89. The van der Waals surface area contributed by atoms with Crippen LogP contribution in [0.5, 0.6) is 0 Å². The van der Waals surface area contributed by atoms with Gasteiger partial charge in [0.25, 0.3) is 15.9 Å². The Morgan fingerprint density at radius 1 is 1.17 bits per heavy atom. The van der Waals surface area contributed by atoms with E-state index in [2.05, 4.69) is 17.4 Å². The molecule has 0 aliphatic heterocycles. The first-order chi connectivity index (χ1) is 16.6. The lowest BCUT2D eigenvalue weighted by atomic mass is 10.1. The third-order valence-corrected chi connectivity index (χ3v) is 7.50. The number of nitrogens with zero attached hydrogens (tertiary/aromatic N) is 1. The number of nitrogens with one attached hydrogen (secondary N) is 2. The molecule has 0 aliphatic rings. The zero-order valence-electron chi connectivity index (χ0n) is 18.2. The zero-order chi connectivity index (χ0) is 25.8. The number of sulfonamides is 1. The average molecular weight is 634 g/mol. The maximum absolute atomic E-state index is 15.4. The summed E-state index contributed by atoms with van der Waals surface area (Å²) in [4.78, 5) is 16.7. The van der Waals surface area contributed by atoms with Crippen molar-refractivity contribution in [2.45, 2.75) is 4.90 Å². The average Bonchev–Trinajstić information content (AvgIpc) is 2.83. The Labute approximate surface area is 219 Å². The summed E-state index contributed by atoms with van der Waals surface area (Å²) in [5.41, 5.74) is 1.29. The Bertz CT molecular complexity index is 1370. The predicted molar refractivity (Wildman–Crippen MR) is 139 cm³/mol. The minimum absolute atomic E-state index is 0.0803. The van der Waals surface area contributed by atoms with E-state index in [9.17, 15) is 13.2 Å². The normalized spacial score (nSPS) is 11.1. The van der Waals surface area contributed by atoms with Crippen LogP contribution < -0.4 is 15.1 Å². The van der Waals surface area contributed by atoms with Crippen LogP contribution in [0.3, 0.4) is 0 Å². The topological polar surface area (TPSA) is 87.7 Å². The lowest BCUT2D eigenvalue weighted by molar-refractivity contribution is 0.0422. The van der Waals surface area contributed by atoms with E-state index in [0.717, 1.165) is 13.9 Å². The van der Waals surface area contributed by atoms with Crippen LogP contribution in [0.2, 0.25) is 5.02 Å². The third kappa shape index (κ3) is 5.92. The van der Waals surface area contributed by atoms with Crippen molar-refractivity contribution in [2.75, 3.05) is 23.3 Å². The summed E-state index contributed by atoms with van der Waals surface area (Å²) in [5.74, 6) is -4.27. The van der Waals surface area contributed by atoms with Crippen molar-refractivity contribution >= 4 is 67.2 Å². The number of hydrogen-bond acceptors (Lipinski definition) is 5. The summed E-state index contributed by atoms with van der Waals surface area (Å²) >= 11 is 8.22. The summed E-state index contributed by atoms with van der Waals surface area (Å²) in [6.45, 7) is 3.36. The van der Waals surface area contributed by atoms with Gasteiger partial charge in [0.15, 0.2) is 11.6 Å². The van der Waals surface area contributed by atoms with Crippen LogP contribution in [0.4, 0.5) is 25.8 Å². The van der Waals surface area contributed by atoms with Crippen molar-refractivity contribution in [2.24, 2.45) is 0 Å². The fourth-order valence-corrected chi connectivity index (χ4v) is 5.14. The second-order valence-electron chi connectivity index (χ2n) is 7.01. The van der Waals surface area contributed by atoms with Crippen molar-refractivity contribution in [1.82, 2.24) is 5.48 Å². The Morgan fingerprint density at radius 3 is 2.49 bits per heavy atom. The fraction of sp³-hybridized carbons (Fsp3) is 0.0870. The number of para-hydroxylation sites is 1. The van der Waals surface area contributed by atoms with Crippen molar-refractivity contribution in [3.8, 4) is 0 Å². The number of hydrogen-bond donors (Lipinski definition) is 2. The second-order valence-corrected chi connectivity index (χ2v) is 10.6. The number of benzene rings is 3. The van der Waals surface area contributed by atoms with Crippen molar-refractivity contribution in [1.29, 1.82) is 0 Å². The third-order valence-electron chi connectivity index (χ3n) is 4.73. The number of amides is 1. The van der Waals surface area contributed by atoms with Crippen molar-refractivity contribution in [3.63, 3.8) is 0 Å². The van der Waals surface area contributed by atoms with Gasteiger partial charge >= 0.3 is 0 Å². The van der Waals surface area contributed by atoms with Crippen LogP contribution in [0.25, 0.3) is 0 Å². The molecule has 35 heavy (non-hydrogen) atoms. The highest BCUT2D eigenvalue weighted by Crippen LogP contribution is 2.35. The molecule has 0 heterocycles. The van der Waals surface area contributed by atoms with Gasteiger partial charge in [-0.1, -0.05) is 35.9 Å². The Hall–Kier alpha value is -2.74. The van der Waals surface area contributed by atoms with E-state index in [0.29, 0.717) is 0 Å². The molecule has 0 bridgehead atoms. The lowest BCUT2D eigenvalue weighted by Crippen LogP contribution is -2.30. The molecule has 2 N–H and O–H groups in total. The van der Waals surface area contributed by atoms with E-state index >= 15 is 8.78 Å². The number of rotatable bonds is 9. The molecule has 1 amide bonds. The molecule has 12 heteroatoms. The Kier molecular flexibility index (Phi) is 8.70. The smallest absolute Gasteiger partial charge is 0.277 e. The van der Waals surface area contributed by atoms with Gasteiger partial charge in [-0.25, -0.2) is 22.7 Å². The van der Waals surface area contributed by atoms with Gasteiger partial charge in [-0.2, -0.15) is 0 Å². The molecule has 0 atom stereocenters. The largest absolute Gasteiger partial charge is 0.351 e. The lowest BCUT2D eigenvalue weighted by Gasteiger charge is -2.22. The van der Waals surface area contributed by atoms with E-state index in [1.807, 2.05) is 22.6 Å². The number of halogens is 4. The number of hydroxylamine groups is 1. The van der Waals surface area contributed by atoms with Gasteiger partial charge in [0.2, 0.25) is 0 Å². The number of carbonyl (C=O) groups is 1. The highest BCUT2D eigenvalue weighted by molar-refractivity contribution is 14.1. The number of carbonyl (C=O) groups excluding carboxylic acids is 1. The van der Waals surface area contributed by atoms with Crippen LogP contribution >= 0.6 is 34.2 Å². The molecular weight excluding hydrogens is 615 g/mol. The predicted octanol–water partition coefficient (Wildman–Crippen LogP) is 5.64. The van der Waals surface area contributed by atoms with E-state index in [1.165, 1.54) is 31.3 Å². The summed E-state index contributed by atoms with van der Waals surface area (Å²) in [6, 6.07) is 13.3. The Morgan fingerprint density at radius 2 is 1.86 bits per heavy atom. The van der Waals surface area contributed by atoms with Gasteiger partial charge in [0.1, 0.15) is 4.90 Å². The van der Waals surface area contributed by atoms with Gasteiger partial charge < -0.3 is 5.32 Å². The molecule has 3 rings (SSSR count). The van der Waals surface area contributed by atoms with E-state index < -0.39 is 43.7 Å². The van der Waals surface area contributed by atoms with E-state index in [-0.39, 0.29) is 23.0 Å². The van der Waals surface area contributed by atoms with Gasteiger partial charge in [-0.05, 0) is 59.0 Å². The SMILES string of the molecule is C=CCONC(=O)c1cc(S(=O)(=O)N(C)c2ccccc2)c(F)c(F)c1Nc1ccc(I)cc1Cl. The molecule has 0 saturated carbocycles. The van der Waals surface area contributed by atoms with Gasteiger partial charge in [-0.3, -0.25) is 13.9 Å². The standard InChI is InChI=1S/C23H19ClF2IN3O4S/c1-3-11-34-29-23(31)16-13-19(35(32,33)30(2)15-7-5-4-6-8-15)20(25)21(26)22(16)28-18-10-9-14(27)12-17(18)24/h3-10,12-13,28H,1,11H2,2H3,(H,29,31). The van der Waals surface area contributed by atoms with Crippen molar-refractivity contribution < 1.29 is 26.8 Å². The summed E-state index contributed by atoms with van der Waals surface area (Å²) in [7, 11) is -3.42. The molecular formula is C23H19ClF2IN3O4S. The Balaban J connectivity index is 2.16. The van der Waals surface area contributed by atoms with E-state index in [4.69, 9.17) is 16.4 Å². The highest BCUT2D eigenvalue weighted by Gasteiger charge is 2.32. The summed E-state index contributed by atoms with van der Waals surface area (Å²) < 4.78 is 58.6. The van der Waals surface area contributed by atoms with Crippen LogP contribution in [0.15, 0.2) is 72.1 Å². The molecule has 184 valence electrons. The van der Waals surface area contributed by atoms with Crippen LogP contribution in [0.1, 0.15) is 10.4 Å². The van der Waals surface area contributed by atoms with Crippen molar-refractivity contribution in [3.05, 3.63) is 93.0 Å². The minimum atomic E-state index is -4.60. The van der Waals surface area contributed by atoms with Gasteiger partial charge in [-0.15, -0.1) is 6.58 Å². The molecule has 3 aromatic rings. The fourth-order valence-electron chi connectivity index (χ4n) is 2.96. The van der Waals surface area contributed by atoms with Crippen LogP contribution in [-0.4, -0.2) is 28.0 Å². The molecule has 0 fully saturated rings. The summed E-state index contributed by atoms with van der Waals surface area (Å²) in [6.07, 6.45) is 1.35. The molecule has 0 saturated heterocycles. The first-order valence-corrected chi connectivity index (χ1v) is 12.8. The summed E-state index contributed by atoms with van der Waals surface area (Å²) in [5, 5.41) is 2.77. The molecule has 0 spiro atoms. The second kappa shape index (κ2) is 11.3. The first kappa shape index (κ1) is 26.9. The molecule has 0 aliphatic carbocycles. The molecule has 7 nitrogen and oxygen atoms in total. The number of anilines is 3. The monoisotopic (exact) mass is 633 g/mol. The minimum Gasteiger partial charge on any atom is -0.351 e. The van der Waals surface area contributed by atoms with Crippen LogP contribution in [0, 0.1) is 15.2 Å². The molecule has 0 radical (unpaired) electrons. The van der Waals surface area contributed by atoms with Crippen LogP contribution in [-0.2, 0) is 14.9 Å². The highest BCUT2D eigenvalue weighted by atomic mass is 127. The van der Waals surface area contributed by atoms with E-state index in [1.54, 1.807) is 30.3 Å². The van der Waals surface area contributed by atoms with Gasteiger partial charge in [0, 0.05) is 10.6 Å². The molecule has 0 unspecified atom stereocenters. The molecule has 3 aromatic carbocycles. The van der Waals surface area contributed by atoms with Gasteiger partial charge in [0.05, 0.1) is 34.3 Å². The maximum atomic E-state index is 15.4. The zero-order valence-corrected chi connectivity index (χ0v) is 21.9.